The van der Waals surface area contributed by atoms with Gasteiger partial charge in [0.05, 0.1) is 6.61 Å². The Kier molecular flexibility index (Phi) is 8.04. The molecule has 4 nitrogen and oxygen atoms in total. The number of ether oxygens (including phenoxy) is 1. The molecule has 0 radical (unpaired) electrons. The van der Waals surface area contributed by atoms with Crippen LogP contribution in [0.5, 0.6) is 0 Å². The lowest BCUT2D eigenvalue weighted by Gasteiger charge is -2.43. The number of pyridine rings is 1. The fourth-order valence-electron chi connectivity index (χ4n) is 4.37. The molecule has 1 atom stereocenters. The van der Waals surface area contributed by atoms with Gasteiger partial charge in [-0.05, 0) is 63.7 Å². The molecule has 25 heavy (non-hydrogen) atoms. The minimum atomic E-state index is -0.255. The van der Waals surface area contributed by atoms with Crippen molar-refractivity contribution in [3.8, 4) is 0 Å². The van der Waals surface area contributed by atoms with E-state index in [0.29, 0.717) is 11.6 Å². The van der Waals surface area contributed by atoms with Crippen molar-refractivity contribution in [2.75, 3.05) is 32.8 Å². The molecule has 0 amide bonds. The number of hydrogen-bond donors (Lipinski definition) is 0. The highest BCUT2D eigenvalue weighted by Gasteiger charge is 2.44. The zero-order valence-electron chi connectivity index (χ0n) is 16.2. The van der Waals surface area contributed by atoms with Gasteiger partial charge in [-0.15, -0.1) is 0 Å². The van der Waals surface area contributed by atoms with Gasteiger partial charge in [-0.2, -0.15) is 0 Å². The molecule has 140 valence electrons. The van der Waals surface area contributed by atoms with Gasteiger partial charge >= 0.3 is 0 Å². The summed E-state index contributed by atoms with van der Waals surface area (Å²) in [6, 6.07) is 5.67. The first-order chi connectivity index (χ1) is 12.2. The van der Waals surface area contributed by atoms with E-state index in [1.165, 1.54) is 0 Å². The molecule has 4 heteroatoms. The lowest BCUT2D eigenvalue weighted by atomic mass is 9.63. The van der Waals surface area contributed by atoms with Crippen molar-refractivity contribution in [1.29, 1.82) is 0 Å². The van der Waals surface area contributed by atoms with E-state index in [0.717, 1.165) is 65.0 Å². The highest BCUT2D eigenvalue weighted by molar-refractivity contribution is 5.99. The third-order valence-electron chi connectivity index (χ3n) is 5.80. The molecule has 1 aromatic rings. The summed E-state index contributed by atoms with van der Waals surface area (Å²) in [4.78, 5) is 20.2. The van der Waals surface area contributed by atoms with Gasteiger partial charge in [0.1, 0.15) is 5.69 Å². The first kappa shape index (κ1) is 20.1. The van der Waals surface area contributed by atoms with Gasteiger partial charge in [0.2, 0.25) is 0 Å². The predicted molar refractivity (Wildman–Crippen MR) is 102 cm³/mol. The Labute approximate surface area is 153 Å². The van der Waals surface area contributed by atoms with Gasteiger partial charge in [0.15, 0.2) is 5.78 Å². The van der Waals surface area contributed by atoms with Crippen molar-refractivity contribution in [3.63, 3.8) is 0 Å². The summed E-state index contributed by atoms with van der Waals surface area (Å²) >= 11 is 0. The molecule has 0 saturated carbocycles. The number of piperidine rings is 1. The highest BCUT2D eigenvalue weighted by atomic mass is 16.5. The molecule has 1 saturated heterocycles. The van der Waals surface area contributed by atoms with E-state index < -0.39 is 0 Å². The maximum absolute atomic E-state index is 13.4. The minimum absolute atomic E-state index is 0.255. The maximum atomic E-state index is 13.4. The van der Waals surface area contributed by atoms with Crippen LogP contribution >= 0.6 is 0 Å². The quantitative estimate of drug-likeness (QED) is 0.470. The van der Waals surface area contributed by atoms with Gasteiger partial charge in [-0.1, -0.05) is 26.3 Å². The van der Waals surface area contributed by atoms with Crippen LogP contribution in [-0.2, 0) is 4.74 Å². The van der Waals surface area contributed by atoms with E-state index in [2.05, 4.69) is 23.7 Å². The second-order valence-electron chi connectivity index (χ2n) is 7.12. The minimum Gasteiger partial charge on any atom is -0.380 e. The Morgan fingerprint density at radius 1 is 1.28 bits per heavy atom. The van der Waals surface area contributed by atoms with E-state index in [4.69, 9.17) is 4.74 Å². The third-order valence-corrected chi connectivity index (χ3v) is 5.80. The second-order valence-corrected chi connectivity index (χ2v) is 7.12. The summed E-state index contributed by atoms with van der Waals surface area (Å²) in [5.41, 5.74) is 0.381. The zero-order valence-corrected chi connectivity index (χ0v) is 16.2. The Bertz CT molecular complexity index is 512. The Morgan fingerprint density at radius 2 is 2.04 bits per heavy atom. The average Bonchev–Trinajstić information content (AvgIpc) is 2.67. The summed E-state index contributed by atoms with van der Waals surface area (Å²) < 4.78 is 5.48. The van der Waals surface area contributed by atoms with Crippen LogP contribution in [0.15, 0.2) is 24.4 Å². The molecule has 0 N–H and O–H groups in total. The van der Waals surface area contributed by atoms with Crippen LogP contribution in [0.25, 0.3) is 0 Å². The summed E-state index contributed by atoms with van der Waals surface area (Å²) in [5, 5.41) is 0. The number of aromatic nitrogens is 1. The fourth-order valence-corrected chi connectivity index (χ4v) is 4.37. The lowest BCUT2D eigenvalue weighted by Crippen LogP contribution is -2.45. The summed E-state index contributed by atoms with van der Waals surface area (Å²) in [6.45, 7) is 11.1. The van der Waals surface area contributed by atoms with Crippen molar-refractivity contribution in [3.05, 3.63) is 30.1 Å². The van der Waals surface area contributed by atoms with Gasteiger partial charge in [-0.3, -0.25) is 9.78 Å². The topological polar surface area (TPSA) is 42.4 Å². The van der Waals surface area contributed by atoms with Crippen LogP contribution in [0, 0.1) is 11.3 Å². The van der Waals surface area contributed by atoms with Crippen LogP contribution < -0.4 is 0 Å². The number of carbonyl (C=O) groups is 1. The monoisotopic (exact) mass is 346 g/mol. The molecule has 0 spiro atoms. The van der Waals surface area contributed by atoms with Gasteiger partial charge in [0, 0.05) is 24.8 Å². The Hall–Kier alpha value is -1.26. The van der Waals surface area contributed by atoms with Crippen molar-refractivity contribution in [2.45, 2.75) is 52.9 Å². The summed E-state index contributed by atoms with van der Waals surface area (Å²) in [5.74, 6) is 0.709. The molecule has 1 aliphatic rings. The van der Waals surface area contributed by atoms with Crippen molar-refractivity contribution >= 4 is 5.78 Å². The molecule has 1 fully saturated rings. The van der Waals surface area contributed by atoms with Crippen LogP contribution in [0.2, 0.25) is 0 Å². The fraction of sp³-hybridized carbons (Fsp3) is 0.714. The number of carbonyl (C=O) groups excluding carboxylic acids is 1. The normalized spacial score (nSPS) is 18.8. The molecule has 0 aliphatic carbocycles. The highest BCUT2D eigenvalue weighted by Crippen LogP contribution is 2.44. The van der Waals surface area contributed by atoms with E-state index in [1.54, 1.807) is 6.20 Å². The third kappa shape index (κ3) is 4.89. The van der Waals surface area contributed by atoms with E-state index in [9.17, 15) is 4.79 Å². The van der Waals surface area contributed by atoms with Crippen molar-refractivity contribution in [2.24, 2.45) is 11.3 Å². The van der Waals surface area contributed by atoms with Crippen molar-refractivity contribution < 1.29 is 9.53 Å². The van der Waals surface area contributed by atoms with E-state index in [-0.39, 0.29) is 11.2 Å². The number of hydrogen-bond acceptors (Lipinski definition) is 4. The molecule has 1 aromatic heterocycles. The van der Waals surface area contributed by atoms with Gasteiger partial charge in [0.25, 0.3) is 0 Å². The first-order valence-corrected chi connectivity index (χ1v) is 9.93. The maximum Gasteiger partial charge on any atom is 0.187 e. The molecule has 0 bridgehead atoms. The molecular weight excluding hydrogens is 312 g/mol. The number of rotatable bonds is 10. The molecule has 2 rings (SSSR count). The number of likely N-dealkylation sites (tertiary alicyclic amines) is 1. The van der Waals surface area contributed by atoms with Crippen LogP contribution in [-0.4, -0.2) is 48.5 Å². The number of nitrogens with zero attached hydrogens (tertiary/aromatic N) is 2. The van der Waals surface area contributed by atoms with Crippen LogP contribution in [0.3, 0.4) is 0 Å². The Morgan fingerprint density at radius 3 is 2.60 bits per heavy atom. The summed E-state index contributed by atoms with van der Waals surface area (Å²) in [7, 11) is 0. The largest absolute Gasteiger partial charge is 0.380 e. The van der Waals surface area contributed by atoms with Gasteiger partial charge < -0.3 is 9.64 Å². The van der Waals surface area contributed by atoms with Crippen molar-refractivity contribution in [1.82, 2.24) is 9.88 Å². The molecule has 0 aromatic carbocycles. The standard InChI is InChI=1S/C21H34N2O2/c1-4-12-21(5-2,20(24)19-9-7-8-13-22-19)18-10-14-23(15-11-18)16-17-25-6-3/h7-9,13,18H,4-6,10-12,14-17H2,1-3H3. The van der Waals surface area contributed by atoms with Crippen LogP contribution in [0.1, 0.15) is 63.4 Å². The van der Waals surface area contributed by atoms with E-state index >= 15 is 0 Å². The van der Waals surface area contributed by atoms with Gasteiger partial charge in [-0.25, -0.2) is 0 Å². The number of Topliss-reactive ketones (excluding diaryl/α,β-unsaturated/α-hetero) is 1. The first-order valence-electron chi connectivity index (χ1n) is 9.93. The molecule has 1 unspecified atom stereocenters. The molecular formula is C21H34N2O2. The predicted octanol–water partition coefficient (Wildman–Crippen LogP) is 4.21. The lowest BCUT2D eigenvalue weighted by molar-refractivity contribution is 0.0367. The smallest absolute Gasteiger partial charge is 0.187 e. The molecule has 2 heterocycles. The number of ketones is 1. The average molecular weight is 347 g/mol. The SMILES string of the molecule is CCCC(CC)(C(=O)c1ccccn1)C1CCN(CCOCC)CC1. The summed E-state index contributed by atoms with van der Waals surface area (Å²) in [6.07, 6.45) is 6.83. The van der Waals surface area contributed by atoms with E-state index in [1.807, 2.05) is 25.1 Å². The zero-order chi connectivity index (χ0) is 18.1. The second kappa shape index (κ2) is 10.0. The Balaban J connectivity index is 2.09. The van der Waals surface area contributed by atoms with Crippen LogP contribution in [0.4, 0.5) is 0 Å². The molecule has 1 aliphatic heterocycles.